The standard InChI is InChI=1S/C30H34N2O2/c33-29(31-18-15-27(24-9-3-1-4-10-24)25-11-5-2-6-12-25)28-23-30(28)16-20-32(21-17-30)19-7-13-26-14-8-22-34-26/h1-14,22,27-28H,15-21,23H2,(H,31,33). The van der Waals surface area contributed by atoms with Crippen molar-refractivity contribution in [3.63, 3.8) is 0 Å². The summed E-state index contributed by atoms with van der Waals surface area (Å²) in [6.45, 7) is 3.78. The number of hydrogen-bond acceptors (Lipinski definition) is 3. The summed E-state index contributed by atoms with van der Waals surface area (Å²) < 4.78 is 5.35. The lowest BCUT2D eigenvalue weighted by molar-refractivity contribution is -0.123. The van der Waals surface area contributed by atoms with E-state index in [0.29, 0.717) is 12.5 Å². The van der Waals surface area contributed by atoms with E-state index >= 15 is 0 Å². The highest BCUT2D eigenvalue weighted by atomic mass is 16.3. The molecule has 1 aromatic heterocycles. The molecular formula is C30H34N2O2. The number of rotatable bonds is 9. The van der Waals surface area contributed by atoms with Crippen LogP contribution in [0.4, 0.5) is 0 Å². The molecule has 1 aliphatic carbocycles. The molecule has 2 fully saturated rings. The molecule has 5 rings (SSSR count). The van der Waals surface area contributed by atoms with E-state index in [0.717, 1.165) is 51.1 Å². The van der Waals surface area contributed by atoms with Crippen molar-refractivity contribution < 1.29 is 9.21 Å². The number of carbonyl (C=O) groups is 1. The maximum atomic E-state index is 13.0. The summed E-state index contributed by atoms with van der Waals surface area (Å²) >= 11 is 0. The second-order valence-electron chi connectivity index (χ2n) is 9.79. The molecule has 3 aromatic rings. The van der Waals surface area contributed by atoms with Gasteiger partial charge in [-0.1, -0.05) is 66.7 Å². The van der Waals surface area contributed by atoms with E-state index in [1.807, 2.05) is 18.2 Å². The van der Waals surface area contributed by atoms with Crippen molar-refractivity contribution in [1.29, 1.82) is 0 Å². The van der Waals surface area contributed by atoms with Gasteiger partial charge in [-0.05, 0) is 73.5 Å². The van der Waals surface area contributed by atoms with Gasteiger partial charge in [0.05, 0.1) is 6.26 Å². The van der Waals surface area contributed by atoms with Crippen LogP contribution in [0.5, 0.6) is 0 Å². The molecule has 1 atom stereocenters. The van der Waals surface area contributed by atoms with Crippen molar-refractivity contribution in [1.82, 2.24) is 10.2 Å². The van der Waals surface area contributed by atoms with Crippen LogP contribution in [0.1, 0.15) is 48.5 Å². The van der Waals surface area contributed by atoms with Gasteiger partial charge >= 0.3 is 0 Å². The molecule has 0 bridgehead atoms. The third-order valence-corrected chi connectivity index (χ3v) is 7.68. The fourth-order valence-corrected chi connectivity index (χ4v) is 5.52. The number of likely N-dealkylation sites (tertiary alicyclic amines) is 1. The third-order valence-electron chi connectivity index (χ3n) is 7.68. The summed E-state index contributed by atoms with van der Waals surface area (Å²) in [5.74, 6) is 1.65. The van der Waals surface area contributed by atoms with Crippen LogP contribution >= 0.6 is 0 Å². The van der Waals surface area contributed by atoms with E-state index in [9.17, 15) is 4.79 Å². The SMILES string of the molecule is O=C(NCCC(c1ccccc1)c1ccccc1)C1CC12CCN(CC=Cc1ccco1)CC2. The highest BCUT2D eigenvalue weighted by Gasteiger charge is 2.58. The Labute approximate surface area is 202 Å². The molecule has 2 heterocycles. The minimum atomic E-state index is 0.195. The normalized spacial score (nSPS) is 19.6. The van der Waals surface area contributed by atoms with Gasteiger partial charge in [-0.25, -0.2) is 0 Å². The number of carbonyl (C=O) groups excluding carboxylic acids is 1. The van der Waals surface area contributed by atoms with Crippen LogP contribution in [0.3, 0.4) is 0 Å². The number of nitrogens with zero attached hydrogens (tertiary/aromatic N) is 1. The van der Waals surface area contributed by atoms with Crippen LogP contribution in [-0.4, -0.2) is 37.0 Å². The lowest BCUT2D eigenvalue weighted by Crippen LogP contribution is -2.37. The zero-order valence-corrected chi connectivity index (χ0v) is 19.7. The van der Waals surface area contributed by atoms with Crippen LogP contribution in [0.25, 0.3) is 6.08 Å². The van der Waals surface area contributed by atoms with Crippen LogP contribution in [0.15, 0.2) is 89.6 Å². The summed E-state index contributed by atoms with van der Waals surface area (Å²) in [6, 6.07) is 25.1. The van der Waals surface area contributed by atoms with Crippen LogP contribution in [-0.2, 0) is 4.79 Å². The molecule has 4 heteroatoms. The monoisotopic (exact) mass is 454 g/mol. The van der Waals surface area contributed by atoms with E-state index in [1.165, 1.54) is 11.1 Å². The van der Waals surface area contributed by atoms with Gasteiger partial charge in [-0.15, -0.1) is 0 Å². The molecule has 0 radical (unpaired) electrons. The molecule has 1 N–H and O–H groups in total. The Hall–Kier alpha value is -3.11. The summed E-state index contributed by atoms with van der Waals surface area (Å²) in [7, 11) is 0. The third kappa shape index (κ3) is 5.34. The van der Waals surface area contributed by atoms with Gasteiger partial charge in [0, 0.05) is 24.9 Å². The second-order valence-corrected chi connectivity index (χ2v) is 9.79. The summed E-state index contributed by atoms with van der Waals surface area (Å²) in [5.41, 5.74) is 2.85. The Kier molecular flexibility index (Phi) is 6.96. The maximum Gasteiger partial charge on any atom is 0.223 e. The average Bonchev–Trinajstić information content (AvgIpc) is 3.32. The molecule has 1 saturated heterocycles. The summed E-state index contributed by atoms with van der Waals surface area (Å²) in [6.07, 6.45) is 10.1. The molecular weight excluding hydrogens is 420 g/mol. The average molecular weight is 455 g/mol. The fraction of sp³-hybridized carbons (Fsp3) is 0.367. The lowest BCUT2D eigenvalue weighted by Gasteiger charge is -2.32. The molecule has 1 aliphatic heterocycles. The van der Waals surface area contributed by atoms with Gasteiger partial charge in [0.2, 0.25) is 5.91 Å². The number of piperidine rings is 1. The second kappa shape index (κ2) is 10.4. The predicted molar refractivity (Wildman–Crippen MR) is 136 cm³/mol. The van der Waals surface area contributed by atoms with E-state index in [4.69, 9.17) is 4.42 Å². The van der Waals surface area contributed by atoms with E-state index in [-0.39, 0.29) is 17.2 Å². The van der Waals surface area contributed by atoms with E-state index in [2.05, 4.69) is 77.0 Å². The van der Waals surface area contributed by atoms with E-state index < -0.39 is 0 Å². The summed E-state index contributed by atoms with van der Waals surface area (Å²) in [5, 5.41) is 3.27. The Morgan fingerprint density at radius 3 is 2.29 bits per heavy atom. The Morgan fingerprint density at radius 1 is 1.00 bits per heavy atom. The molecule has 1 spiro atoms. The molecule has 2 aromatic carbocycles. The number of nitrogens with one attached hydrogen (secondary N) is 1. The predicted octanol–water partition coefficient (Wildman–Crippen LogP) is 5.73. The topological polar surface area (TPSA) is 45.5 Å². The molecule has 4 nitrogen and oxygen atoms in total. The number of benzene rings is 2. The highest BCUT2D eigenvalue weighted by Crippen LogP contribution is 2.59. The maximum absolute atomic E-state index is 13.0. The number of amides is 1. The number of furan rings is 1. The molecule has 176 valence electrons. The number of hydrogen-bond donors (Lipinski definition) is 1. The Bertz CT molecular complexity index is 1030. The van der Waals surface area contributed by atoms with Crippen molar-refractivity contribution in [2.75, 3.05) is 26.2 Å². The summed E-state index contributed by atoms with van der Waals surface area (Å²) in [4.78, 5) is 15.4. The van der Waals surface area contributed by atoms with Crippen LogP contribution in [0.2, 0.25) is 0 Å². The van der Waals surface area contributed by atoms with Crippen molar-refractivity contribution in [2.45, 2.75) is 31.6 Å². The zero-order valence-electron chi connectivity index (χ0n) is 19.7. The largest absolute Gasteiger partial charge is 0.465 e. The van der Waals surface area contributed by atoms with Crippen LogP contribution < -0.4 is 5.32 Å². The quantitative estimate of drug-likeness (QED) is 0.449. The first kappa shape index (κ1) is 22.7. The molecule has 34 heavy (non-hydrogen) atoms. The first-order valence-electron chi connectivity index (χ1n) is 12.5. The minimum Gasteiger partial charge on any atom is -0.465 e. The van der Waals surface area contributed by atoms with E-state index in [1.54, 1.807) is 6.26 Å². The van der Waals surface area contributed by atoms with Crippen molar-refractivity contribution in [2.24, 2.45) is 11.3 Å². The Balaban J connectivity index is 1.09. The van der Waals surface area contributed by atoms with Gasteiger partial charge in [-0.3, -0.25) is 9.69 Å². The Morgan fingerprint density at radius 2 is 1.68 bits per heavy atom. The highest BCUT2D eigenvalue weighted by molar-refractivity contribution is 5.82. The van der Waals surface area contributed by atoms with Gasteiger partial charge in [0.25, 0.3) is 0 Å². The molecule has 2 aliphatic rings. The van der Waals surface area contributed by atoms with Gasteiger partial charge in [0.15, 0.2) is 0 Å². The molecule has 1 unspecified atom stereocenters. The van der Waals surface area contributed by atoms with Crippen LogP contribution in [0, 0.1) is 11.3 Å². The van der Waals surface area contributed by atoms with Crippen molar-refractivity contribution in [3.05, 3.63) is 102 Å². The van der Waals surface area contributed by atoms with Crippen molar-refractivity contribution in [3.8, 4) is 0 Å². The van der Waals surface area contributed by atoms with Gasteiger partial charge < -0.3 is 9.73 Å². The first-order chi connectivity index (χ1) is 16.7. The van der Waals surface area contributed by atoms with Crippen molar-refractivity contribution >= 4 is 12.0 Å². The van der Waals surface area contributed by atoms with Gasteiger partial charge in [0.1, 0.15) is 5.76 Å². The lowest BCUT2D eigenvalue weighted by atomic mass is 9.88. The molecule has 1 amide bonds. The first-order valence-corrected chi connectivity index (χ1v) is 12.5. The minimum absolute atomic E-state index is 0.195. The smallest absolute Gasteiger partial charge is 0.223 e. The zero-order chi connectivity index (χ0) is 23.2. The molecule has 1 saturated carbocycles. The fourth-order valence-electron chi connectivity index (χ4n) is 5.52. The van der Waals surface area contributed by atoms with Gasteiger partial charge in [-0.2, -0.15) is 0 Å².